The average molecular weight is 299 g/mol. The van der Waals surface area contributed by atoms with E-state index < -0.39 is 11.6 Å². The fraction of sp³-hybridized carbons (Fsp3) is 0.944. The molecule has 0 heterocycles. The second-order valence-corrected chi connectivity index (χ2v) is 7.11. The highest BCUT2D eigenvalue weighted by Gasteiger charge is 2.21. The maximum absolute atomic E-state index is 11.7. The van der Waals surface area contributed by atoms with Crippen LogP contribution in [-0.4, -0.2) is 17.6 Å². The van der Waals surface area contributed by atoms with Crippen LogP contribution in [0.15, 0.2) is 0 Å². The zero-order valence-electron chi connectivity index (χ0n) is 14.7. The fourth-order valence-corrected chi connectivity index (χ4v) is 2.35. The minimum Gasteiger partial charge on any atom is -0.459 e. The Morgan fingerprint density at radius 1 is 0.905 bits per heavy atom. The van der Waals surface area contributed by atoms with Crippen molar-refractivity contribution in [2.75, 3.05) is 0 Å². The first-order valence-corrected chi connectivity index (χ1v) is 8.85. The molecular weight excluding hydrogens is 262 g/mol. The third-order valence-electron chi connectivity index (χ3n) is 3.58. The molecule has 0 bridgehead atoms. The number of nitrogens with two attached hydrogens (primary N) is 1. The maximum atomic E-state index is 11.7. The van der Waals surface area contributed by atoms with Crippen LogP contribution in [0.2, 0.25) is 0 Å². The molecular formula is C18H37NO2. The van der Waals surface area contributed by atoms with Crippen molar-refractivity contribution in [2.24, 2.45) is 5.73 Å². The number of ether oxygens (including phenoxy) is 1. The van der Waals surface area contributed by atoms with E-state index >= 15 is 0 Å². The Labute approximate surface area is 132 Å². The molecule has 3 nitrogen and oxygen atoms in total. The molecule has 1 atom stereocenters. The summed E-state index contributed by atoms with van der Waals surface area (Å²) in [4.78, 5) is 11.7. The van der Waals surface area contributed by atoms with E-state index in [9.17, 15) is 4.79 Å². The second kappa shape index (κ2) is 12.0. The lowest BCUT2D eigenvalue weighted by molar-refractivity contribution is -0.156. The van der Waals surface area contributed by atoms with Gasteiger partial charge in [-0.15, -0.1) is 0 Å². The van der Waals surface area contributed by atoms with Gasteiger partial charge in [-0.05, 0) is 27.2 Å². The summed E-state index contributed by atoms with van der Waals surface area (Å²) in [5.41, 5.74) is 5.42. The van der Waals surface area contributed by atoms with Gasteiger partial charge in [0.05, 0.1) is 0 Å². The van der Waals surface area contributed by atoms with Gasteiger partial charge in [-0.1, -0.05) is 71.1 Å². The van der Waals surface area contributed by atoms with Crippen LogP contribution in [0, 0.1) is 0 Å². The maximum Gasteiger partial charge on any atom is 0.323 e. The summed E-state index contributed by atoms with van der Waals surface area (Å²) in [6.07, 6.45) is 13.7. The van der Waals surface area contributed by atoms with Gasteiger partial charge in [0, 0.05) is 0 Å². The summed E-state index contributed by atoms with van der Waals surface area (Å²) in [6, 6.07) is -0.460. The molecule has 0 amide bonds. The van der Waals surface area contributed by atoms with E-state index in [1.807, 2.05) is 20.8 Å². The largest absolute Gasteiger partial charge is 0.459 e. The molecule has 126 valence electrons. The Bertz CT molecular complexity index is 258. The van der Waals surface area contributed by atoms with Crippen LogP contribution in [0.4, 0.5) is 0 Å². The van der Waals surface area contributed by atoms with E-state index in [4.69, 9.17) is 10.5 Å². The standard InChI is InChI=1S/C18H37NO2/c1-5-6-7-8-9-10-11-12-13-14-15-16(19)17(20)21-18(2,3)4/h16H,5-15,19H2,1-4H3/t16-/m0/s1. The van der Waals surface area contributed by atoms with E-state index in [-0.39, 0.29) is 5.97 Å². The molecule has 0 aliphatic carbocycles. The summed E-state index contributed by atoms with van der Waals surface area (Å²) < 4.78 is 5.28. The van der Waals surface area contributed by atoms with Crippen LogP contribution in [0.3, 0.4) is 0 Å². The summed E-state index contributed by atoms with van der Waals surface area (Å²) >= 11 is 0. The number of rotatable bonds is 12. The smallest absolute Gasteiger partial charge is 0.323 e. The molecule has 0 aromatic rings. The molecule has 0 aliphatic heterocycles. The molecule has 0 saturated carbocycles. The lowest BCUT2D eigenvalue weighted by Crippen LogP contribution is -2.37. The van der Waals surface area contributed by atoms with Gasteiger partial charge in [-0.2, -0.15) is 0 Å². The Balaban J connectivity index is 3.40. The van der Waals surface area contributed by atoms with E-state index in [2.05, 4.69) is 6.92 Å². The van der Waals surface area contributed by atoms with Gasteiger partial charge in [0.2, 0.25) is 0 Å². The van der Waals surface area contributed by atoms with Gasteiger partial charge in [-0.3, -0.25) is 4.79 Å². The summed E-state index contributed by atoms with van der Waals surface area (Å²) in [6.45, 7) is 7.87. The number of hydrogen-bond donors (Lipinski definition) is 1. The van der Waals surface area contributed by atoms with Crippen molar-refractivity contribution in [3.8, 4) is 0 Å². The summed E-state index contributed by atoms with van der Waals surface area (Å²) in [7, 11) is 0. The molecule has 0 aliphatic rings. The predicted molar refractivity (Wildman–Crippen MR) is 90.3 cm³/mol. The van der Waals surface area contributed by atoms with Crippen molar-refractivity contribution < 1.29 is 9.53 Å². The Hall–Kier alpha value is -0.570. The van der Waals surface area contributed by atoms with Crippen molar-refractivity contribution in [1.82, 2.24) is 0 Å². The normalized spacial score (nSPS) is 13.2. The molecule has 0 aromatic carbocycles. The summed E-state index contributed by atoms with van der Waals surface area (Å²) in [5.74, 6) is -0.265. The molecule has 3 heteroatoms. The zero-order valence-corrected chi connectivity index (χ0v) is 14.7. The highest BCUT2D eigenvalue weighted by Crippen LogP contribution is 2.13. The van der Waals surface area contributed by atoms with Crippen molar-refractivity contribution in [3.05, 3.63) is 0 Å². The topological polar surface area (TPSA) is 52.3 Å². The molecule has 0 rings (SSSR count). The van der Waals surface area contributed by atoms with Gasteiger partial charge < -0.3 is 10.5 Å². The fourth-order valence-electron chi connectivity index (χ4n) is 2.35. The molecule has 0 aromatic heterocycles. The van der Waals surface area contributed by atoms with E-state index in [1.54, 1.807) is 0 Å². The van der Waals surface area contributed by atoms with Gasteiger partial charge in [0.25, 0.3) is 0 Å². The Kier molecular flexibility index (Phi) is 11.7. The molecule has 21 heavy (non-hydrogen) atoms. The number of carbonyl (C=O) groups is 1. The van der Waals surface area contributed by atoms with Gasteiger partial charge in [0.15, 0.2) is 0 Å². The first-order chi connectivity index (χ1) is 9.87. The van der Waals surface area contributed by atoms with Gasteiger partial charge in [0.1, 0.15) is 11.6 Å². The van der Waals surface area contributed by atoms with Crippen molar-refractivity contribution >= 4 is 5.97 Å². The first-order valence-electron chi connectivity index (χ1n) is 8.85. The van der Waals surface area contributed by atoms with Gasteiger partial charge >= 0.3 is 5.97 Å². The molecule has 0 unspecified atom stereocenters. The average Bonchev–Trinajstić information content (AvgIpc) is 2.38. The molecule has 2 N–H and O–H groups in total. The van der Waals surface area contributed by atoms with E-state index in [0.29, 0.717) is 0 Å². The number of unbranched alkanes of at least 4 members (excludes halogenated alkanes) is 9. The molecule has 0 spiro atoms. The number of hydrogen-bond acceptors (Lipinski definition) is 3. The van der Waals surface area contributed by atoms with Crippen LogP contribution in [0.5, 0.6) is 0 Å². The second-order valence-electron chi connectivity index (χ2n) is 7.11. The molecule has 0 fully saturated rings. The minimum absolute atomic E-state index is 0.265. The van der Waals surface area contributed by atoms with Crippen LogP contribution in [-0.2, 0) is 9.53 Å². The molecule has 0 radical (unpaired) electrons. The van der Waals surface area contributed by atoms with Crippen LogP contribution in [0.25, 0.3) is 0 Å². The Morgan fingerprint density at radius 3 is 1.76 bits per heavy atom. The van der Waals surface area contributed by atoms with E-state index in [1.165, 1.54) is 57.8 Å². The predicted octanol–water partition coefficient (Wildman–Crippen LogP) is 4.97. The number of esters is 1. The van der Waals surface area contributed by atoms with Crippen LogP contribution >= 0.6 is 0 Å². The van der Waals surface area contributed by atoms with Crippen LogP contribution in [0.1, 0.15) is 98.3 Å². The molecule has 0 saturated heterocycles. The van der Waals surface area contributed by atoms with Crippen molar-refractivity contribution in [2.45, 2.75) is 110 Å². The highest BCUT2D eigenvalue weighted by atomic mass is 16.6. The Morgan fingerprint density at radius 2 is 1.33 bits per heavy atom. The highest BCUT2D eigenvalue weighted by molar-refractivity contribution is 5.75. The third-order valence-corrected chi connectivity index (χ3v) is 3.58. The van der Waals surface area contributed by atoms with Crippen molar-refractivity contribution in [3.63, 3.8) is 0 Å². The van der Waals surface area contributed by atoms with Gasteiger partial charge in [-0.25, -0.2) is 0 Å². The quantitative estimate of drug-likeness (QED) is 0.409. The lowest BCUT2D eigenvalue weighted by atomic mass is 10.0. The SMILES string of the molecule is CCCCCCCCCCCC[C@H](N)C(=O)OC(C)(C)C. The first kappa shape index (κ1) is 20.4. The van der Waals surface area contributed by atoms with Crippen LogP contribution < -0.4 is 5.73 Å². The summed E-state index contributed by atoms with van der Waals surface area (Å²) in [5, 5.41) is 0. The number of carbonyl (C=O) groups excluding carboxylic acids is 1. The lowest BCUT2D eigenvalue weighted by Gasteiger charge is -2.22. The minimum atomic E-state index is -0.460. The monoisotopic (exact) mass is 299 g/mol. The third kappa shape index (κ3) is 14.1. The zero-order chi connectivity index (χ0) is 16.1. The van der Waals surface area contributed by atoms with E-state index in [0.717, 1.165) is 12.8 Å². The van der Waals surface area contributed by atoms with Crippen molar-refractivity contribution in [1.29, 1.82) is 0 Å².